The van der Waals surface area contributed by atoms with Crippen LogP contribution in [-0.4, -0.2) is 27.3 Å². The van der Waals surface area contributed by atoms with Crippen LogP contribution in [0.2, 0.25) is 0 Å². The van der Waals surface area contributed by atoms with Gasteiger partial charge in [0.1, 0.15) is 5.25 Å². The van der Waals surface area contributed by atoms with Gasteiger partial charge in [-0.3, -0.25) is 9.59 Å². The lowest BCUT2D eigenvalue weighted by atomic mass is 10.2. The molecule has 3 rings (SSSR count). The van der Waals surface area contributed by atoms with Crippen molar-refractivity contribution in [1.82, 2.24) is 10.2 Å². The zero-order valence-corrected chi connectivity index (χ0v) is 12.8. The van der Waals surface area contributed by atoms with Gasteiger partial charge in [0, 0.05) is 6.42 Å². The van der Waals surface area contributed by atoms with Crippen molar-refractivity contribution in [3.63, 3.8) is 0 Å². The van der Waals surface area contributed by atoms with Gasteiger partial charge < -0.3 is 5.73 Å². The van der Waals surface area contributed by atoms with E-state index in [-0.39, 0.29) is 18.2 Å². The van der Waals surface area contributed by atoms with E-state index in [4.69, 9.17) is 5.73 Å². The zero-order chi connectivity index (χ0) is 15.0. The van der Waals surface area contributed by atoms with Crippen LogP contribution in [0.15, 0.2) is 28.6 Å². The van der Waals surface area contributed by atoms with Gasteiger partial charge in [0.15, 0.2) is 4.34 Å². The van der Waals surface area contributed by atoms with Gasteiger partial charge in [0.05, 0.1) is 5.69 Å². The van der Waals surface area contributed by atoms with E-state index in [2.05, 4.69) is 10.2 Å². The molecule has 6 nitrogen and oxygen atoms in total. The van der Waals surface area contributed by atoms with E-state index < -0.39 is 5.25 Å². The van der Waals surface area contributed by atoms with Gasteiger partial charge in [-0.05, 0) is 19.1 Å². The van der Waals surface area contributed by atoms with Crippen molar-refractivity contribution >= 4 is 45.7 Å². The first-order valence-electron chi connectivity index (χ1n) is 6.23. The van der Waals surface area contributed by atoms with E-state index in [0.29, 0.717) is 15.2 Å². The molecule has 0 saturated carbocycles. The van der Waals surface area contributed by atoms with Crippen molar-refractivity contribution in [2.24, 2.45) is 0 Å². The van der Waals surface area contributed by atoms with Crippen LogP contribution in [0.4, 0.5) is 10.8 Å². The maximum absolute atomic E-state index is 12.4. The predicted molar refractivity (Wildman–Crippen MR) is 82.3 cm³/mol. The lowest BCUT2D eigenvalue weighted by Crippen LogP contribution is -2.31. The van der Waals surface area contributed by atoms with Crippen LogP contribution >= 0.6 is 23.1 Å². The van der Waals surface area contributed by atoms with Crippen LogP contribution in [-0.2, 0) is 9.59 Å². The smallest absolute Gasteiger partial charge is 0.247 e. The van der Waals surface area contributed by atoms with Gasteiger partial charge in [0.25, 0.3) is 0 Å². The first-order valence-corrected chi connectivity index (χ1v) is 7.93. The number of aryl methyl sites for hydroxylation is 1. The third kappa shape index (κ3) is 2.77. The summed E-state index contributed by atoms with van der Waals surface area (Å²) < 4.78 is 0.601. The van der Waals surface area contributed by atoms with Crippen molar-refractivity contribution in [1.29, 1.82) is 0 Å². The van der Waals surface area contributed by atoms with Gasteiger partial charge in [-0.25, -0.2) is 4.90 Å². The summed E-state index contributed by atoms with van der Waals surface area (Å²) in [5, 5.41) is 7.46. The van der Waals surface area contributed by atoms with Crippen molar-refractivity contribution < 1.29 is 9.59 Å². The van der Waals surface area contributed by atoms with Crippen LogP contribution in [0.25, 0.3) is 0 Å². The highest BCUT2D eigenvalue weighted by Gasteiger charge is 2.40. The molecular formula is C13H12N4O2S2. The number of thioether (sulfide) groups is 1. The molecular weight excluding hydrogens is 308 g/mol. The Labute approximate surface area is 129 Å². The number of rotatable bonds is 3. The number of carbonyl (C=O) groups is 2. The minimum absolute atomic E-state index is 0.164. The molecule has 1 saturated heterocycles. The van der Waals surface area contributed by atoms with Gasteiger partial charge in [-0.2, -0.15) is 0 Å². The Kier molecular flexibility index (Phi) is 3.64. The third-order valence-electron chi connectivity index (χ3n) is 3.06. The number of nitrogen functional groups attached to an aromatic ring is 1. The van der Waals surface area contributed by atoms with E-state index in [1.165, 1.54) is 28.0 Å². The fraction of sp³-hybridized carbons (Fsp3) is 0.231. The summed E-state index contributed by atoms with van der Waals surface area (Å²) in [6.45, 7) is 1.95. The quantitative estimate of drug-likeness (QED) is 0.868. The fourth-order valence-electron chi connectivity index (χ4n) is 2.05. The molecule has 1 fully saturated rings. The van der Waals surface area contributed by atoms with Gasteiger partial charge in [-0.1, -0.05) is 40.8 Å². The van der Waals surface area contributed by atoms with E-state index >= 15 is 0 Å². The highest BCUT2D eigenvalue weighted by Crippen LogP contribution is 2.35. The molecule has 0 radical (unpaired) electrons. The summed E-state index contributed by atoms with van der Waals surface area (Å²) in [5.41, 5.74) is 7.20. The number of hydrogen-bond acceptors (Lipinski definition) is 7. The number of benzene rings is 1. The third-order valence-corrected chi connectivity index (χ3v) is 5.08. The molecule has 0 aliphatic carbocycles. The summed E-state index contributed by atoms with van der Waals surface area (Å²) in [6, 6.07) is 7.31. The molecule has 21 heavy (non-hydrogen) atoms. The Morgan fingerprint density at radius 1 is 1.29 bits per heavy atom. The summed E-state index contributed by atoms with van der Waals surface area (Å²) in [6.07, 6.45) is 0.164. The van der Waals surface area contributed by atoms with Crippen molar-refractivity contribution in [3.8, 4) is 0 Å². The summed E-state index contributed by atoms with van der Waals surface area (Å²) in [4.78, 5) is 25.8. The Bertz CT molecular complexity index is 698. The number of anilines is 2. The van der Waals surface area contributed by atoms with Crippen molar-refractivity contribution in [2.45, 2.75) is 22.9 Å². The second-order valence-corrected chi connectivity index (χ2v) is 7.08. The van der Waals surface area contributed by atoms with E-state index in [0.717, 1.165) is 5.56 Å². The first kappa shape index (κ1) is 14.0. The lowest BCUT2D eigenvalue weighted by Gasteiger charge is -2.14. The lowest BCUT2D eigenvalue weighted by molar-refractivity contribution is -0.121. The molecule has 0 bridgehead atoms. The number of nitrogens with zero attached hydrogens (tertiary/aromatic N) is 3. The zero-order valence-electron chi connectivity index (χ0n) is 11.1. The number of carbonyl (C=O) groups excluding carboxylic acids is 2. The molecule has 1 aliphatic rings. The maximum atomic E-state index is 12.4. The number of amides is 2. The molecule has 2 aromatic rings. The highest BCUT2D eigenvalue weighted by atomic mass is 32.2. The number of aromatic nitrogens is 2. The second kappa shape index (κ2) is 5.45. The Morgan fingerprint density at radius 3 is 2.62 bits per heavy atom. The Balaban J connectivity index is 1.80. The number of nitrogens with two attached hydrogens (primary N) is 1. The second-order valence-electron chi connectivity index (χ2n) is 4.62. The van der Waals surface area contributed by atoms with Crippen LogP contribution in [0.5, 0.6) is 0 Å². The summed E-state index contributed by atoms with van der Waals surface area (Å²) in [7, 11) is 0. The molecule has 0 unspecified atom stereocenters. The van der Waals surface area contributed by atoms with Crippen LogP contribution in [0.3, 0.4) is 0 Å². The van der Waals surface area contributed by atoms with Crippen molar-refractivity contribution in [3.05, 3.63) is 29.8 Å². The average molecular weight is 320 g/mol. The van der Waals surface area contributed by atoms with Crippen LogP contribution in [0.1, 0.15) is 12.0 Å². The highest BCUT2D eigenvalue weighted by molar-refractivity contribution is 8.02. The molecule has 108 valence electrons. The van der Waals surface area contributed by atoms with Crippen LogP contribution in [0, 0.1) is 6.92 Å². The topological polar surface area (TPSA) is 89.2 Å². The van der Waals surface area contributed by atoms with E-state index in [1.807, 2.05) is 19.1 Å². The van der Waals surface area contributed by atoms with Gasteiger partial charge >= 0.3 is 0 Å². The first-order chi connectivity index (χ1) is 10.0. The molecule has 2 N–H and O–H groups in total. The Morgan fingerprint density at radius 2 is 2.00 bits per heavy atom. The van der Waals surface area contributed by atoms with Crippen molar-refractivity contribution in [2.75, 3.05) is 10.6 Å². The minimum atomic E-state index is -0.467. The molecule has 2 heterocycles. The van der Waals surface area contributed by atoms with E-state index in [9.17, 15) is 9.59 Å². The predicted octanol–water partition coefficient (Wildman–Crippen LogP) is 1.85. The number of hydrogen-bond donors (Lipinski definition) is 1. The molecule has 2 amide bonds. The monoisotopic (exact) mass is 320 g/mol. The fourth-order valence-corrected chi connectivity index (χ4v) is 3.95. The molecule has 0 spiro atoms. The normalized spacial score (nSPS) is 18.5. The minimum Gasteiger partial charge on any atom is -0.374 e. The SMILES string of the molecule is Cc1ccc(N2C(=O)C[C@H](Sc3nnc(N)s3)C2=O)cc1. The molecule has 1 aliphatic heterocycles. The maximum Gasteiger partial charge on any atom is 0.247 e. The average Bonchev–Trinajstić information content (AvgIpc) is 2.96. The summed E-state index contributed by atoms with van der Waals surface area (Å²) in [5.74, 6) is -0.415. The molecule has 1 aromatic heterocycles. The van der Waals surface area contributed by atoms with Gasteiger partial charge in [0.2, 0.25) is 16.9 Å². The Hall–Kier alpha value is -1.93. The molecule has 1 aromatic carbocycles. The number of imide groups is 1. The van der Waals surface area contributed by atoms with Gasteiger partial charge in [-0.15, -0.1) is 10.2 Å². The summed E-state index contributed by atoms with van der Waals surface area (Å²) >= 11 is 2.45. The van der Waals surface area contributed by atoms with E-state index in [1.54, 1.807) is 12.1 Å². The van der Waals surface area contributed by atoms with Crippen LogP contribution < -0.4 is 10.6 Å². The largest absolute Gasteiger partial charge is 0.374 e. The molecule has 8 heteroatoms. The molecule has 1 atom stereocenters. The standard InChI is InChI=1S/C13H12N4O2S2/c1-7-2-4-8(5-3-7)17-10(18)6-9(11(17)19)20-13-16-15-12(14)21-13/h2-5,9H,6H2,1H3,(H2,14,15)/t9-/m0/s1.